The molecule has 5 heteroatoms. The van der Waals surface area contributed by atoms with Gasteiger partial charge in [-0.25, -0.2) is 0 Å². The molecule has 0 aromatic rings. The molecule has 0 aromatic heterocycles. The Morgan fingerprint density at radius 2 is 0.431 bits per heavy atom. The minimum absolute atomic E-state index is 0.431. The first-order valence-corrected chi connectivity index (χ1v) is 30.4. The highest BCUT2D eigenvalue weighted by molar-refractivity contribution is 5.76. The average molecular weight is 917 g/mol. The lowest BCUT2D eigenvalue weighted by molar-refractivity contribution is -0.132. The molecule has 5 nitrogen and oxygen atoms in total. The van der Waals surface area contributed by atoms with Gasteiger partial charge in [-0.05, 0) is 64.5 Å². The van der Waals surface area contributed by atoms with E-state index in [1.54, 1.807) is 0 Å². The number of hydrogen-bond donors (Lipinski definition) is 1. The van der Waals surface area contributed by atoms with Crippen LogP contribution in [0.2, 0.25) is 0 Å². The van der Waals surface area contributed by atoms with Crippen molar-refractivity contribution in [2.75, 3.05) is 39.3 Å². The van der Waals surface area contributed by atoms with Gasteiger partial charge >= 0.3 is 0 Å². The Kier molecular flexibility index (Phi) is 54.6. The molecule has 0 saturated carbocycles. The van der Waals surface area contributed by atoms with Crippen LogP contribution in [0.25, 0.3) is 0 Å². The number of nitrogens with zero attached hydrogens (tertiary/aromatic N) is 2. The van der Waals surface area contributed by atoms with E-state index >= 15 is 0 Å². The third-order valence-corrected chi connectivity index (χ3v) is 14.3. The van der Waals surface area contributed by atoms with E-state index in [0.29, 0.717) is 11.8 Å². The summed E-state index contributed by atoms with van der Waals surface area (Å²) < 4.78 is 0. The number of hydrogen-bond acceptors (Lipinski definition) is 3. The van der Waals surface area contributed by atoms with Crippen LogP contribution in [-0.4, -0.2) is 60.9 Å². The van der Waals surface area contributed by atoms with Crippen LogP contribution in [0.1, 0.15) is 336 Å². The molecule has 0 heterocycles. The summed E-state index contributed by atoms with van der Waals surface area (Å²) in [5, 5.41) is 3.70. The molecule has 0 aliphatic rings. The second kappa shape index (κ2) is 55.5. The fourth-order valence-corrected chi connectivity index (χ4v) is 9.73. The monoisotopic (exact) mass is 916 g/mol. The SMILES string of the molecule is CCCCCCCCCCN(CCCCCCCCCC)C(=O)CCCCCCCCCNCCCCCCCCCC(=O)N(CCCCCCCCCC)CCCCCCCCCC. The van der Waals surface area contributed by atoms with Gasteiger partial charge in [0.1, 0.15) is 0 Å². The Labute approximate surface area is 410 Å². The van der Waals surface area contributed by atoms with Crippen LogP contribution >= 0.6 is 0 Å². The molecule has 0 bridgehead atoms. The minimum atomic E-state index is 0.431. The van der Waals surface area contributed by atoms with E-state index in [-0.39, 0.29) is 0 Å². The van der Waals surface area contributed by atoms with Gasteiger partial charge in [-0.15, -0.1) is 0 Å². The molecule has 1 N–H and O–H groups in total. The standard InChI is InChI=1S/C60H121N3O2/c1-5-9-13-17-21-31-39-47-55-62(56-48-40-32-22-18-14-10-6-2)59(64)51-43-35-27-25-29-37-45-53-61-54-46-38-30-26-28-36-44-52-60(65)63(57-49-41-33-23-19-15-11-7-3)58-50-42-34-24-20-16-12-8-4/h61H,5-58H2,1-4H3. The zero-order chi connectivity index (χ0) is 47.2. The first kappa shape index (κ1) is 63.9. The van der Waals surface area contributed by atoms with Crippen molar-refractivity contribution in [3.8, 4) is 0 Å². The summed E-state index contributed by atoms with van der Waals surface area (Å²) in [5.41, 5.74) is 0. The number of carbonyl (C=O) groups excluding carboxylic acids is 2. The first-order chi connectivity index (χ1) is 32.1. The lowest BCUT2D eigenvalue weighted by Crippen LogP contribution is -2.32. The molecule has 0 saturated heterocycles. The lowest BCUT2D eigenvalue weighted by atomic mass is 10.1. The maximum Gasteiger partial charge on any atom is 0.222 e. The molecule has 0 rings (SSSR count). The van der Waals surface area contributed by atoms with Crippen LogP contribution in [0.15, 0.2) is 0 Å². The Hall–Kier alpha value is -1.10. The van der Waals surface area contributed by atoms with Crippen LogP contribution < -0.4 is 5.32 Å². The fraction of sp³-hybridized carbons (Fsp3) is 0.967. The maximum atomic E-state index is 13.3. The second-order valence-electron chi connectivity index (χ2n) is 20.9. The summed E-state index contributed by atoms with van der Waals surface area (Å²) in [4.78, 5) is 31.0. The zero-order valence-electron chi connectivity index (χ0n) is 45.4. The van der Waals surface area contributed by atoms with E-state index in [1.165, 1.54) is 283 Å². The van der Waals surface area contributed by atoms with Gasteiger partial charge in [0, 0.05) is 39.0 Å². The predicted octanol–water partition coefficient (Wildman–Crippen LogP) is 19.0. The van der Waals surface area contributed by atoms with Crippen molar-refractivity contribution in [3.63, 3.8) is 0 Å². The van der Waals surface area contributed by atoms with Crippen molar-refractivity contribution in [1.29, 1.82) is 0 Å². The fourth-order valence-electron chi connectivity index (χ4n) is 9.73. The summed E-state index contributed by atoms with van der Waals surface area (Å²) in [6.45, 7) is 15.4. The number of nitrogens with one attached hydrogen (secondary N) is 1. The third-order valence-electron chi connectivity index (χ3n) is 14.3. The zero-order valence-corrected chi connectivity index (χ0v) is 45.4. The van der Waals surface area contributed by atoms with E-state index in [1.807, 2.05) is 0 Å². The van der Waals surface area contributed by atoms with Crippen molar-refractivity contribution in [2.24, 2.45) is 0 Å². The van der Waals surface area contributed by atoms with Crippen molar-refractivity contribution < 1.29 is 9.59 Å². The summed E-state index contributed by atoms with van der Waals surface area (Å²) in [6.07, 6.45) is 61.8. The molecule has 0 spiro atoms. The third kappa shape index (κ3) is 49.1. The topological polar surface area (TPSA) is 52.7 Å². The molecule has 65 heavy (non-hydrogen) atoms. The van der Waals surface area contributed by atoms with E-state index in [9.17, 15) is 9.59 Å². The number of carbonyl (C=O) groups is 2. The van der Waals surface area contributed by atoms with Gasteiger partial charge in [0.15, 0.2) is 0 Å². The summed E-state index contributed by atoms with van der Waals surface area (Å²) in [7, 11) is 0. The van der Waals surface area contributed by atoms with Crippen molar-refractivity contribution in [2.45, 2.75) is 336 Å². The van der Waals surface area contributed by atoms with Crippen molar-refractivity contribution in [1.82, 2.24) is 15.1 Å². The van der Waals surface area contributed by atoms with Crippen molar-refractivity contribution in [3.05, 3.63) is 0 Å². The lowest BCUT2D eigenvalue weighted by Gasteiger charge is -2.23. The molecule has 0 radical (unpaired) electrons. The van der Waals surface area contributed by atoms with Crippen LogP contribution in [0, 0.1) is 0 Å². The number of rotatable bonds is 56. The van der Waals surface area contributed by atoms with Gasteiger partial charge in [-0.3, -0.25) is 9.59 Å². The molecule has 0 aliphatic heterocycles. The Morgan fingerprint density at radius 3 is 0.662 bits per heavy atom. The Balaban J connectivity index is 3.98. The normalized spacial score (nSPS) is 11.5. The Bertz CT molecular complexity index is 814. The van der Waals surface area contributed by atoms with Crippen LogP contribution in [0.4, 0.5) is 0 Å². The quantitative estimate of drug-likeness (QED) is 0.0619. The van der Waals surface area contributed by atoms with E-state index in [0.717, 1.165) is 65.0 Å². The average Bonchev–Trinajstić information content (AvgIpc) is 3.31. The van der Waals surface area contributed by atoms with E-state index in [2.05, 4.69) is 42.8 Å². The molecule has 388 valence electrons. The molecular weight excluding hydrogens is 795 g/mol. The van der Waals surface area contributed by atoms with Crippen LogP contribution in [0.5, 0.6) is 0 Å². The highest BCUT2D eigenvalue weighted by Gasteiger charge is 2.14. The largest absolute Gasteiger partial charge is 0.343 e. The van der Waals surface area contributed by atoms with Gasteiger partial charge in [-0.2, -0.15) is 0 Å². The minimum Gasteiger partial charge on any atom is -0.343 e. The van der Waals surface area contributed by atoms with Crippen LogP contribution in [-0.2, 0) is 9.59 Å². The van der Waals surface area contributed by atoms with Gasteiger partial charge in [0.25, 0.3) is 0 Å². The predicted molar refractivity (Wildman–Crippen MR) is 290 cm³/mol. The molecule has 0 aromatic carbocycles. The molecule has 2 amide bonds. The smallest absolute Gasteiger partial charge is 0.222 e. The summed E-state index contributed by atoms with van der Waals surface area (Å²) >= 11 is 0. The van der Waals surface area contributed by atoms with Crippen molar-refractivity contribution >= 4 is 11.8 Å². The van der Waals surface area contributed by atoms with Crippen LogP contribution in [0.3, 0.4) is 0 Å². The van der Waals surface area contributed by atoms with Gasteiger partial charge in [0.05, 0.1) is 0 Å². The second-order valence-corrected chi connectivity index (χ2v) is 20.9. The van der Waals surface area contributed by atoms with E-state index in [4.69, 9.17) is 0 Å². The molecule has 0 aliphatic carbocycles. The van der Waals surface area contributed by atoms with E-state index < -0.39 is 0 Å². The Morgan fingerprint density at radius 1 is 0.246 bits per heavy atom. The van der Waals surface area contributed by atoms with Gasteiger partial charge < -0.3 is 15.1 Å². The van der Waals surface area contributed by atoms with Gasteiger partial charge in [0.2, 0.25) is 11.8 Å². The first-order valence-electron chi connectivity index (χ1n) is 30.4. The van der Waals surface area contributed by atoms with Gasteiger partial charge in [-0.1, -0.05) is 272 Å². The molecular formula is C60H121N3O2. The summed E-state index contributed by atoms with van der Waals surface area (Å²) in [5.74, 6) is 0.862. The molecule has 0 atom stereocenters. The number of amides is 2. The number of unbranched alkanes of at least 4 members (excludes halogenated alkanes) is 40. The highest BCUT2D eigenvalue weighted by atomic mass is 16.2. The maximum absolute atomic E-state index is 13.3. The summed E-state index contributed by atoms with van der Waals surface area (Å²) in [6, 6.07) is 0. The molecule has 0 fully saturated rings. The molecule has 0 unspecified atom stereocenters. The highest BCUT2D eigenvalue weighted by Crippen LogP contribution is 2.17.